The maximum atomic E-state index is 14.0. The largest absolute Gasteiger partial charge is 0.358 e. The molecule has 9 nitrogen and oxygen atoms in total. The Bertz CT molecular complexity index is 1730. The first-order valence-electron chi connectivity index (χ1n) is 11.6. The summed E-state index contributed by atoms with van der Waals surface area (Å²) in [5.41, 5.74) is 3.74. The van der Waals surface area contributed by atoms with Gasteiger partial charge in [-0.3, -0.25) is 9.59 Å². The van der Waals surface area contributed by atoms with Gasteiger partial charge in [-0.15, -0.1) is 0 Å². The molecule has 0 saturated carbocycles. The summed E-state index contributed by atoms with van der Waals surface area (Å²) in [5.74, 6) is -0.254. The number of nitro groups is 1. The Morgan fingerprint density at radius 2 is 1.81 bits per heavy atom. The summed E-state index contributed by atoms with van der Waals surface area (Å²) in [7, 11) is 0. The first kappa shape index (κ1) is 21.7. The van der Waals surface area contributed by atoms with E-state index in [4.69, 9.17) is 0 Å². The number of carbonyl (C=O) groups excluding carboxylic acids is 1. The van der Waals surface area contributed by atoms with E-state index in [1.165, 1.54) is 20.5 Å². The number of hydrogen-bond acceptors (Lipinski definition) is 5. The van der Waals surface area contributed by atoms with Crippen LogP contribution in [0.1, 0.15) is 34.6 Å². The second-order valence-electron chi connectivity index (χ2n) is 8.95. The third kappa shape index (κ3) is 3.13. The fourth-order valence-electron chi connectivity index (χ4n) is 5.03. The number of benzene rings is 2. The lowest BCUT2D eigenvalue weighted by molar-refractivity contribution is -0.390. The maximum Gasteiger partial charge on any atom is 0.329 e. The van der Waals surface area contributed by atoms with Crippen LogP contribution in [0.2, 0.25) is 0 Å². The van der Waals surface area contributed by atoms with Crippen molar-refractivity contribution in [2.24, 2.45) is 0 Å². The topological polar surface area (TPSA) is 103 Å². The van der Waals surface area contributed by atoms with Crippen LogP contribution in [-0.2, 0) is 11.2 Å². The van der Waals surface area contributed by atoms with Crippen LogP contribution >= 0.6 is 0 Å². The highest BCUT2D eigenvalue weighted by Crippen LogP contribution is 2.40. The zero-order valence-electron chi connectivity index (χ0n) is 19.6. The minimum atomic E-state index is -0.449. The van der Waals surface area contributed by atoms with Crippen LogP contribution in [0, 0.1) is 24.0 Å². The van der Waals surface area contributed by atoms with Gasteiger partial charge >= 0.3 is 5.82 Å². The Morgan fingerprint density at radius 3 is 2.56 bits per heavy atom. The maximum absolute atomic E-state index is 14.0. The van der Waals surface area contributed by atoms with E-state index >= 15 is 0 Å². The Labute approximate surface area is 205 Å². The number of hydrogen-bond donors (Lipinski definition) is 0. The Morgan fingerprint density at radius 1 is 1.03 bits per heavy atom. The van der Waals surface area contributed by atoms with Crippen LogP contribution in [0.25, 0.3) is 22.2 Å². The second-order valence-corrected chi connectivity index (χ2v) is 8.95. The SMILES string of the molecule is Cc1ccc2c(=O)n(N3C=C(c4ccccc4)n4c([N+](=O)[O-])cc5c4C(=CCC5)C3=O)c(C)nc2c1. The summed E-state index contributed by atoms with van der Waals surface area (Å²) in [4.78, 5) is 44.0. The Hall–Kier alpha value is -4.79. The molecule has 1 aliphatic heterocycles. The zero-order chi connectivity index (χ0) is 25.1. The molecule has 1 aliphatic carbocycles. The lowest BCUT2D eigenvalue weighted by Gasteiger charge is -2.23. The first-order chi connectivity index (χ1) is 17.3. The molecule has 2 aromatic carbocycles. The summed E-state index contributed by atoms with van der Waals surface area (Å²) < 4.78 is 2.77. The molecule has 0 N–H and O–H groups in total. The summed E-state index contributed by atoms with van der Waals surface area (Å²) in [6, 6.07) is 16.0. The average Bonchev–Trinajstić information content (AvgIpc) is 3.20. The molecule has 0 fully saturated rings. The van der Waals surface area contributed by atoms with Gasteiger partial charge in [0.2, 0.25) is 0 Å². The number of aromatic nitrogens is 3. The zero-order valence-corrected chi connectivity index (χ0v) is 19.6. The highest BCUT2D eigenvalue weighted by molar-refractivity contribution is 6.26. The van der Waals surface area contributed by atoms with Gasteiger partial charge in [-0.05, 0) is 49.3 Å². The van der Waals surface area contributed by atoms with Gasteiger partial charge in [0.1, 0.15) is 11.5 Å². The molecule has 1 amide bonds. The van der Waals surface area contributed by atoms with Gasteiger partial charge in [0.05, 0.1) is 22.7 Å². The van der Waals surface area contributed by atoms with E-state index in [-0.39, 0.29) is 5.82 Å². The smallest absolute Gasteiger partial charge is 0.329 e. The van der Waals surface area contributed by atoms with Crippen LogP contribution in [0.3, 0.4) is 0 Å². The van der Waals surface area contributed by atoms with Crippen molar-refractivity contribution in [2.75, 3.05) is 5.01 Å². The molecule has 3 heterocycles. The monoisotopic (exact) mass is 479 g/mol. The van der Waals surface area contributed by atoms with Gasteiger partial charge in [-0.25, -0.2) is 9.99 Å². The number of nitrogens with zero attached hydrogens (tertiary/aromatic N) is 5. The van der Waals surface area contributed by atoms with Gasteiger partial charge in [0, 0.05) is 17.2 Å². The molecule has 0 spiro atoms. The lowest BCUT2D eigenvalue weighted by atomic mass is 9.96. The molecule has 0 atom stereocenters. The number of aryl methyl sites for hydroxylation is 3. The number of amides is 1. The molecule has 0 bridgehead atoms. The van der Waals surface area contributed by atoms with Crippen LogP contribution in [0.4, 0.5) is 5.82 Å². The molecule has 2 aliphatic rings. The molecular formula is C27H21N5O4. The van der Waals surface area contributed by atoms with Crippen LogP contribution < -0.4 is 10.6 Å². The third-order valence-electron chi connectivity index (χ3n) is 6.64. The van der Waals surface area contributed by atoms with Gasteiger partial charge in [-0.1, -0.05) is 42.5 Å². The predicted molar refractivity (Wildman–Crippen MR) is 136 cm³/mol. The van der Waals surface area contributed by atoms with Gasteiger partial charge in [0.25, 0.3) is 11.5 Å². The molecule has 4 aromatic rings. The lowest BCUT2D eigenvalue weighted by Crippen LogP contribution is -2.44. The van der Waals surface area contributed by atoms with Crippen molar-refractivity contribution in [1.29, 1.82) is 0 Å². The van der Waals surface area contributed by atoms with Gasteiger partial charge in [0.15, 0.2) is 5.70 Å². The van der Waals surface area contributed by atoms with Crippen LogP contribution in [0.5, 0.6) is 0 Å². The highest BCUT2D eigenvalue weighted by Gasteiger charge is 2.39. The van der Waals surface area contributed by atoms with Crippen molar-refractivity contribution >= 4 is 33.9 Å². The third-order valence-corrected chi connectivity index (χ3v) is 6.64. The van der Waals surface area contributed by atoms with Gasteiger partial charge < -0.3 is 10.1 Å². The normalized spacial score (nSPS) is 14.8. The number of rotatable bonds is 3. The van der Waals surface area contributed by atoms with E-state index in [2.05, 4.69) is 4.98 Å². The number of carbonyl (C=O) groups is 1. The van der Waals surface area contributed by atoms with E-state index in [9.17, 15) is 19.7 Å². The van der Waals surface area contributed by atoms with Crippen LogP contribution in [-0.4, -0.2) is 25.1 Å². The molecule has 6 rings (SSSR count). The molecular weight excluding hydrogens is 458 g/mol. The van der Waals surface area contributed by atoms with Crippen molar-refractivity contribution in [3.63, 3.8) is 0 Å². The average molecular weight is 479 g/mol. The van der Waals surface area contributed by atoms with Crippen molar-refractivity contribution in [3.05, 3.63) is 116 Å². The second kappa shape index (κ2) is 7.88. The van der Waals surface area contributed by atoms with Crippen molar-refractivity contribution in [3.8, 4) is 0 Å². The predicted octanol–water partition coefficient (Wildman–Crippen LogP) is 4.08. The summed E-state index contributed by atoms with van der Waals surface area (Å²) >= 11 is 0. The van der Waals surface area contributed by atoms with Crippen molar-refractivity contribution < 1.29 is 9.72 Å². The minimum absolute atomic E-state index is 0.131. The Balaban J connectivity index is 1.70. The number of allylic oxidation sites excluding steroid dienone is 1. The highest BCUT2D eigenvalue weighted by atomic mass is 16.6. The fourth-order valence-corrected chi connectivity index (χ4v) is 5.03. The van der Waals surface area contributed by atoms with Crippen LogP contribution in [0.15, 0.2) is 71.7 Å². The quantitative estimate of drug-likeness (QED) is 0.325. The molecule has 2 aromatic heterocycles. The summed E-state index contributed by atoms with van der Waals surface area (Å²) in [6.45, 7) is 3.59. The van der Waals surface area contributed by atoms with E-state index in [0.29, 0.717) is 52.1 Å². The molecule has 9 heteroatoms. The van der Waals surface area contributed by atoms with E-state index in [1.54, 1.807) is 25.1 Å². The molecule has 178 valence electrons. The molecule has 0 unspecified atom stereocenters. The van der Waals surface area contributed by atoms with Gasteiger partial charge in [-0.2, -0.15) is 9.24 Å². The molecule has 36 heavy (non-hydrogen) atoms. The van der Waals surface area contributed by atoms with E-state index in [1.807, 2.05) is 49.4 Å². The fraction of sp³-hybridized carbons (Fsp3) is 0.148. The van der Waals surface area contributed by atoms with E-state index in [0.717, 1.165) is 11.1 Å². The standard InChI is InChI=1S/C27H21N5O4/c1-16-11-12-20-22(13-16)28-17(2)31(27(20)34)29-15-23(18-7-4-3-5-8-18)30-24(32(35)36)14-19-9-6-10-21(25(19)30)26(29)33/h3-5,7-8,10-15H,6,9H2,1-2H3. The van der Waals surface area contributed by atoms with Crippen molar-refractivity contribution in [1.82, 2.24) is 14.2 Å². The minimum Gasteiger partial charge on any atom is -0.358 e. The van der Waals surface area contributed by atoms with E-state index < -0.39 is 16.4 Å². The summed E-state index contributed by atoms with van der Waals surface area (Å²) in [6.07, 6.45) is 4.43. The first-order valence-corrected chi connectivity index (χ1v) is 11.6. The van der Waals surface area contributed by atoms with Crippen molar-refractivity contribution in [2.45, 2.75) is 26.7 Å². The molecule has 0 radical (unpaired) electrons. The molecule has 0 saturated heterocycles. The Kier molecular flexibility index (Phi) is 4.75. The number of fused-ring (bicyclic) bond motifs is 1. The summed E-state index contributed by atoms with van der Waals surface area (Å²) in [5, 5.41) is 13.7.